The lowest BCUT2D eigenvalue weighted by molar-refractivity contribution is 0.0309. The predicted molar refractivity (Wildman–Crippen MR) is 137 cm³/mol. The molecule has 8 heteroatoms. The molecule has 1 aromatic carbocycles. The number of aliphatic hydroxyl groups is 2. The number of ether oxygens (including phenoxy) is 1. The van der Waals surface area contributed by atoms with Crippen molar-refractivity contribution in [2.75, 3.05) is 19.8 Å². The quantitative estimate of drug-likeness (QED) is 0.247. The number of aryl methyl sites for hydroxylation is 2. The Morgan fingerprint density at radius 2 is 1.94 bits per heavy atom. The van der Waals surface area contributed by atoms with Gasteiger partial charge in [-0.3, -0.25) is 0 Å². The van der Waals surface area contributed by atoms with Gasteiger partial charge >= 0.3 is 5.97 Å². The molecule has 0 radical (unpaired) electrons. The number of hydrogen-bond acceptors (Lipinski definition) is 5. The first-order valence-electron chi connectivity index (χ1n) is 11.5. The lowest BCUT2D eigenvalue weighted by atomic mass is 9.92. The SMILES string of the molecule is CCCc1sc(C(=O)OCC(CO)CO)cc1-c1c(Cl)cc(Cl)cc1CC[C@H]1CC[C@@H](Cl)C1. The summed E-state index contributed by atoms with van der Waals surface area (Å²) in [5.41, 5.74) is 2.97. The van der Waals surface area contributed by atoms with Gasteiger partial charge in [0.1, 0.15) is 4.88 Å². The number of thiophene rings is 1. The molecule has 2 atom stereocenters. The van der Waals surface area contributed by atoms with Crippen LogP contribution in [-0.2, 0) is 17.6 Å². The molecule has 0 unspecified atom stereocenters. The summed E-state index contributed by atoms with van der Waals surface area (Å²) in [4.78, 5) is 14.3. The maximum atomic E-state index is 12.7. The molecule has 1 aliphatic rings. The largest absolute Gasteiger partial charge is 0.461 e. The van der Waals surface area contributed by atoms with E-state index in [2.05, 4.69) is 6.92 Å². The Morgan fingerprint density at radius 3 is 2.58 bits per heavy atom. The first-order chi connectivity index (χ1) is 15.9. The van der Waals surface area contributed by atoms with Crippen molar-refractivity contribution < 1.29 is 19.7 Å². The van der Waals surface area contributed by atoms with Crippen LogP contribution in [0.1, 0.15) is 59.1 Å². The van der Waals surface area contributed by atoms with Crippen molar-refractivity contribution in [1.82, 2.24) is 0 Å². The Bertz CT molecular complexity index is 942. The number of alkyl halides is 1. The van der Waals surface area contributed by atoms with Crippen LogP contribution in [-0.4, -0.2) is 41.4 Å². The molecule has 3 rings (SSSR count). The normalized spacial score (nSPS) is 18.3. The first-order valence-corrected chi connectivity index (χ1v) is 13.5. The van der Waals surface area contributed by atoms with Crippen molar-refractivity contribution >= 4 is 52.1 Å². The van der Waals surface area contributed by atoms with Crippen molar-refractivity contribution in [3.63, 3.8) is 0 Å². The molecule has 1 fully saturated rings. The lowest BCUT2D eigenvalue weighted by Gasteiger charge is -2.15. The lowest BCUT2D eigenvalue weighted by Crippen LogP contribution is -2.20. The Kier molecular flexibility index (Phi) is 10.4. The monoisotopic (exact) mass is 532 g/mol. The van der Waals surface area contributed by atoms with Gasteiger partial charge in [-0.1, -0.05) is 36.5 Å². The summed E-state index contributed by atoms with van der Waals surface area (Å²) in [6.45, 7) is 1.59. The Morgan fingerprint density at radius 1 is 1.18 bits per heavy atom. The van der Waals surface area contributed by atoms with E-state index < -0.39 is 11.9 Å². The van der Waals surface area contributed by atoms with E-state index in [1.165, 1.54) is 11.3 Å². The van der Waals surface area contributed by atoms with Crippen LogP contribution in [0.3, 0.4) is 0 Å². The van der Waals surface area contributed by atoms with E-state index >= 15 is 0 Å². The van der Waals surface area contributed by atoms with Gasteiger partial charge in [-0.2, -0.15) is 0 Å². The summed E-state index contributed by atoms with van der Waals surface area (Å²) >= 11 is 20.8. The van der Waals surface area contributed by atoms with Crippen LogP contribution in [0, 0.1) is 11.8 Å². The number of halogens is 3. The number of carbonyl (C=O) groups is 1. The molecule has 1 heterocycles. The minimum absolute atomic E-state index is 0.0297. The molecule has 33 heavy (non-hydrogen) atoms. The average Bonchev–Trinajstić information content (AvgIpc) is 3.39. The standard InChI is InChI=1S/C25H31Cl3O4S/c1-2-3-22-20(11-23(33-22)25(31)32-14-16(12-29)13-30)24-17(9-19(27)10-21(24)28)6-4-15-5-7-18(26)8-15/h9-11,15-16,18,29-30H,2-8,12-14H2,1H3/t15-,18+/m0/s1. The highest BCUT2D eigenvalue weighted by Gasteiger charge is 2.25. The third-order valence-corrected chi connectivity index (χ3v) is 8.25. The molecule has 1 aliphatic carbocycles. The van der Waals surface area contributed by atoms with E-state index in [-0.39, 0.29) is 25.2 Å². The second-order valence-electron chi connectivity index (χ2n) is 8.76. The van der Waals surface area contributed by atoms with Crippen molar-refractivity contribution in [1.29, 1.82) is 0 Å². The molecule has 2 N–H and O–H groups in total. The summed E-state index contributed by atoms with van der Waals surface area (Å²) in [6, 6.07) is 5.59. The highest BCUT2D eigenvalue weighted by molar-refractivity contribution is 7.14. The van der Waals surface area contributed by atoms with Crippen LogP contribution >= 0.6 is 46.1 Å². The summed E-state index contributed by atoms with van der Waals surface area (Å²) in [5, 5.41) is 19.9. The molecular weight excluding hydrogens is 503 g/mol. The minimum atomic E-state index is -0.482. The van der Waals surface area contributed by atoms with Gasteiger partial charge < -0.3 is 14.9 Å². The molecule has 182 valence electrons. The third kappa shape index (κ3) is 7.09. The zero-order valence-corrected chi connectivity index (χ0v) is 21.9. The highest BCUT2D eigenvalue weighted by atomic mass is 35.5. The molecule has 0 aliphatic heterocycles. The Labute approximate surface area is 214 Å². The van der Waals surface area contributed by atoms with Crippen LogP contribution in [0.4, 0.5) is 0 Å². The maximum absolute atomic E-state index is 12.7. The number of esters is 1. The number of carbonyl (C=O) groups excluding carboxylic acids is 1. The second-order valence-corrected chi connectivity index (χ2v) is 11.4. The number of benzene rings is 1. The van der Waals surface area contributed by atoms with Gasteiger partial charge in [0.15, 0.2) is 0 Å². The molecule has 0 bridgehead atoms. The summed E-state index contributed by atoms with van der Waals surface area (Å²) in [7, 11) is 0. The smallest absolute Gasteiger partial charge is 0.348 e. The molecule has 0 amide bonds. The zero-order valence-electron chi connectivity index (χ0n) is 18.8. The Balaban J connectivity index is 1.89. The molecular formula is C25H31Cl3O4S. The van der Waals surface area contributed by atoms with E-state index in [4.69, 9.17) is 39.5 Å². The van der Waals surface area contributed by atoms with E-state index in [1.54, 1.807) is 6.07 Å². The van der Waals surface area contributed by atoms with E-state index in [9.17, 15) is 15.0 Å². The van der Waals surface area contributed by atoms with Gasteiger partial charge in [0, 0.05) is 26.8 Å². The fourth-order valence-corrected chi connectivity index (χ4v) is 6.52. The van der Waals surface area contributed by atoms with Crippen molar-refractivity contribution in [3.05, 3.63) is 43.6 Å². The van der Waals surface area contributed by atoms with Gasteiger partial charge in [-0.15, -0.1) is 22.9 Å². The average molecular weight is 534 g/mol. The van der Waals surface area contributed by atoms with Crippen LogP contribution in [0.15, 0.2) is 18.2 Å². The molecule has 0 saturated heterocycles. The highest BCUT2D eigenvalue weighted by Crippen LogP contribution is 2.42. The van der Waals surface area contributed by atoms with Gasteiger partial charge in [0.05, 0.1) is 24.8 Å². The van der Waals surface area contributed by atoms with Gasteiger partial charge in [-0.25, -0.2) is 4.79 Å². The number of rotatable bonds is 11. The molecule has 2 aromatic rings. The Hall–Kier alpha value is -0.820. The predicted octanol–water partition coefficient (Wildman–Crippen LogP) is 6.77. The number of aliphatic hydroxyl groups excluding tert-OH is 2. The third-order valence-electron chi connectivity index (χ3n) is 6.16. The van der Waals surface area contributed by atoms with Gasteiger partial charge in [-0.05, 0) is 73.8 Å². The summed E-state index contributed by atoms with van der Waals surface area (Å²) < 4.78 is 5.34. The molecule has 4 nitrogen and oxygen atoms in total. The van der Waals surface area contributed by atoms with Crippen LogP contribution < -0.4 is 0 Å². The fourth-order valence-electron chi connectivity index (χ4n) is 4.34. The van der Waals surface area contributed by atoms with Gasteiger partial charge in [0.25, 0.3) is 0 Å². The van der Waals surface area contributed by atoms with Crippen LogP contribution in [0.25, 0.3) is 11.1 Å². The molecule has 1 aromatic heterocycles. The van der Waals surface area contributed by atoms with Gasteiger partial charge in [0.2, 0.25) is 0 Å². The first kappa shape index (κ1) is 26.8. The van der Waals surface area contributed by atoms with Crippen LogP contribution in [0.2, 0.25) is 10.0 Å². The number of hydrogen-bond donors (Lipinski definition) is 2. The summed E-state index contributed by atoms with van der Waals surface area (Å²) in [6.07, 6.45) is 6.88. The van der Waals surface area contributed by atoms with E-state index in [0.29, 0.717) is 20.8 Å². The second kappa shape index (κ2) is 12.8. The topological polar surface area (TPSA) is 66.8 Å². The maximum Gasteiger partial charge on any atom is 0.348 e. The van der Waals surface area contributed by atoms with Crippen molar-refractivity contribution in [3.8, 4) is 11.1 Å². The molecule has 1 saturated carbocycles. The van der Waals surface area contributed by atoms with Crippen molar-refractivity contribution in [2.45, 2.75) is 57.2 Å². The van der Waals surface area contributed by atoms with E-state index in [1.807, 2.05) is 12.1 Å². The van der Waals surface area contributed by atoms with Crippen molar-refractivity contribution in [2.24, 2.45) is 11.8 Å². The fraction of sp³-hybridized carbons (Fsp3) is 0.560. The van der Waals surface area contributed by atoms with Crippen LogP contribution in [0.5, 0.6) is 0 Å². The van der Waals surface area contributed by atoms with E-state index in [0.717, 1.165) is 66.5 Å². The zero-order chi connectivity index (χ0) is 24.0. The minimum Gasteiger partial charge on any atom is -0.461 e. The summed E-state index contributed by atoms with van der Waals surface area (Å²) in [5.74, 6) is -0.336. The molecule has 0 spiro atoms.